The molecule has 0 N–H and O–H groups in total. The minimum absolute atomic E-state index is 0.441. The molecule has 0 radical (unpaired) electrons. The zero-order chi connectivity index (χ0) is 18.9. The lowest BCUT2D eigenvalue weighted by atomic mass is 9.91. The Bertz CT molecular complexity index is 1230. The Morgan fingerprint density at radius 3 is 1.82 bits per heavy atom. The Balaban J connectivity index is 1.68. The Kier molecular flexibility index (Phi) is 4.30. The van der Waals surface area contributed by atoms with E-state index in [1.165, 1.54) is 48.6 Å². The third-order valence-electron chi connectivity index (χ3n) is 5.64. The van der Waals surface area contributed by atoms with Gasteiger partial charge in [-0.2, -0.15) is 0 Å². The van der Waals surface area contributed by atoms with Crippen LogP contribution in [0.5, 0.6) is 0 Å². The average molecular weight is 375 g/mol. The molecule has 134 valence electrons. The van der Waals surface area contributed by atoms with Gasteiger partial charge in [-0.25, -0.2) is 0 Å². The van der Waals surface area contributed by atoms with Crippen LogP contribution in [0.2, 0.25) is 0 Å². The molecule has 0 bridgehead atoms. The van der Waals surface area contributed by atoms with Gasteiger partial charge in [-0.05, 0) is 45.7 Å². The molecule has 0 spiro atoms. The summed E-state index contributed by atoms with van der Waals surface area (Å²) in [5.41, 5.74) is 4.08. The van der Waals surface area contributed by atoms with Gasteiger partial charge < -0.3 is 0 Å². The fourth-order valence-electron chi connectivity index (χ4n) is 4.19. The van der Waals surface area contributed by atoms with Crippen molar-refractivity contribution in [3.05, 3.63) is 109 Å². The van der Waals surface area contributed by atoms with Gasteiger partial charge in [0.05, 0.1) is 9.52 Å². The third kappa shape index (κ3) is 3.04. The van der Waals surface area contributed by atoms with Crippen LogP contribution >= 0.6 is 0 Å². The molecule has 0 unspecified atom stereocenters. The SMILES string of the molecule is Cc1cc(-c2c3ccccc3cc3ccccc23)ccc1[SiH2]c1ccccc1. The van der Waals surface area contributed by atoms with E-state index in [4.69, 9.17) is 0 Å². The van der Waals surface area contributed by atoms with E-state index in [-0.39, 0.29) is 0 Å². The highest BCUT2D eigenvalue weighted by atomic mass is 28.2. The maximum Gasteiger partial charge on any atom is 0.0878 e. The molecule has 0 nitrogen and oxygen atoms in total. The summed E-state index contributed by atoms with van der Waals surface area (Å²) in [5.74, 6) is 0. The molecule has 5 rings (SSSR count). The molecule has 1 heteroatoms. The van der Waals surface area contributed by atoms with Crippen LogP contribution < -0.4 is 10.4 Å². The molecule has 0 aromatic heterocycles. The molecule has 28 heavy (non-hydrogen) atoms. The van der Waals surface area contributed by atoms with Crippen LogP contribution in [0.1, 0.15) is 5.56 Å². The van der Waals surface area contributed by atoms with Crippen molar-refractivity contribution >= 4 is 41.4 Å². The molecule has 5 aromatic rings. The van der Waals surface area contributed by atoms with Crippen LogP contribution in [-0.4, -0.2) is 9.52 Å². The molecule has 0 aliphatic heterocycles. The van der Waals surface area contributed by atoms with E-state index in [1.807, 2.05) is 0 Å². The summed E-state index contributed by atoms with van der Waals surface area (Å²) >= 11 is 0. The van der Waals surface area contributed by atoms with Crippen molar-refractivity contribution in [2.45, 2.75) is 6.92 Å². The minimum Gasteiger partial charge on any atom is -0.0633 e. The van der Waals surface area contributed by atoms with E-state index < -0.39 is 9.52 Å². The van der Waals surface area contributed by atoms with Crippen LogP contribution in [0.15, 0.2) is 103 Å². The maximum atomic E-state index is 2.39. The highest BCUT2D eigenvalue weighted by molar-refractivity contribution is 6.67. The van der Waals surface area contributed by atoms with E-state index in [0.29, 0.717) is 0 Å². The topological polar surface area (TPSA) is 0 Å². The van der Waals surface area contributed by atoms with Gasteiger partial charge in [0, 0.05) is 0 Å². The second kappa shape index (κ2) is 7.10. The number of rotatable bonds is 3. The van der Waals surface area contributed by atoms with Gasteiger partial charge in [-0.1, -0.05) is 113 Å². The molecule has 0 heterocycles. The molecular weight excluding hydrogens is 352 g/mol. The Labute approximate surface area is 168 Å². The van der Waals surface area contributed by atoms with Crippen molar-refractivity contribution in [3.63, 3.8) is 0 Å². The van der Waals surface area contributed by atoms with Gasteiger partial charge in [0.1, 0.15) is 0 Å². The van der Waals surface area contributed by atoms with Crippen molar-refractivity contribution < 1.29 is 0 Å². The summed E-state index contributed by atoms with van der Waals surface area (Å²) in [6, 6.07) is 37.8. The van der Waals surface area contributed by atoms with Gasteiger partial charge in [-0.3, -0.25) is 0 Å². The van der Waals surface area contributed by atoms with Crippen LogP contribution in [0, 0.1) is 6.92 Å². The van der Waals surface area contributed by atoms with E-state index in [9.17, 15) is 0 Å². The number of fused-ring (bicyclic) bond motifs is 2. The lowest BCUT2D eigenvalue weighted by Gasteiger charge is -2.14. The molecule has 0 aliphatic carbocycles. The highest BCUT2D eigenvalue weighted by Gasteiger charge is 2.11. The first-order valence-corrected chi connectivity index (χ1v) is 11.3. The highest BCUT2D eigenvalue weighted by Crippen LogP contribution is 2.36. The molecule has 0 saturated heterocycles. The second-order valence-electron chi connectivity index (χ2n) is 7.50. The largest absolute Gasteiger partial charge is 0.0878 e. The molecule has 0 atom stereocenters. The Morgan fingerprint density at radius 2 is 1.18 bits per heavy atom. The normalized spacial score (nSPS) is 11.6. The third-order valence-corrected chi connectivity index (χ3v) is 7.69. The molecule has 0 fully saturated rings. The minimum atomic E-state index is -0.441. The van der Waals surface area contributed by atoms with Crippen LogP contribution in [0.4, 0.5) is 0 Å². The summed E-state index contributed by atoms with van der Waals surface area (Å²) < 4.78 is 0. The van der Waals surface area contributed by atoms with Crippen molar-refractivity contribution in [2.75, 3.05) is 0 Å². The molecule has 5 aromatic carbocycles. The summed E-state index contributed by atoms with van der Waals surface area (Å²) in [6.07, 6.45) is 0. The number of hydrogen-bond acceptors (Lipinski definition) is 0. The number of hydrogen-bond donors (Lipinski definition) is 0. The Hall–Kier alpha value is -3.16. The predicted molar refractivity (Wildman–Crippen MR) is 126 cm³/mol. The van der Waals surface area contributed by atoms with Gasteiger partial charge in [0.15, 0.2) is 0 Å². The van der Waals surface area contributed by atoms with Gasteiger partial charge in [-0.15, -0.1) is 0 Å². The van der Waals surface area contributed by atoms with E-state index in [0.717, 1.165) is 0 Å². The fraction of sp³-hybridized carbons (Fsp3) is 0.0370. The molecule has 0 amide bonds. The number of aryl methyl sites for hydroxylation is 1. The summed E-state index contributed by atoms with van der Waals surface area (Å²) in [5, 5.41) is 8.28. The first-order valence-electron chi connectivity index (χ1n) is 9.84. The van der Waals surface area contributed by atoms with Crippen molar-refractivity contribution in [3.8, 4) is 11.1 Å². The fourth-order valence-corrected chi connectivity index (χ4v) is 5.75. The smallest absolute Gasteiger partial charge is 0.0633 e. The maximum absolute atomic E-state index is 2.39. The van der Waals surface area contributed by atoms with Crippen molar-refractivity contribution in [2.24, 2.45) is 0 Å². The van der Waals surface area contributed by atoms with E-state index >= 15 is 0 Å². The predicted octanol–water partition coefficient (Wildman–Crippen LogP) is 5.09. The standard InChI is InChI=1S/C27H22Si/c1-19-17-22(15-16-26(19)28-23-11-3-2-4-12-23)27-24-13-7-5-9-20(24)18-21-10-6-8-14-25(21)27/h2-18H,28H2,1H3. The summed E-state index contributed by atoms with van der Waals surface area (Å²) in [6.45, 7) is 2.27. The van der Waals surface area contributed by atoms with E-state index in [2.05, 4.69) is 110 Å². The number of benzene rings is 5. The monoisotopic (exact) mass is 374 g/mol. The van der Waals surface area contributed by atoms with Crippen LogP contribution in [-0.2, 0) is 0 Å². The van der Waals surface area contributed by atoms with E-state index in [1.54, 1.807) is 0 Å². The molecule has 0 saturated carbocycles. The first kappa shape index (κ1) is 17.0. The zero-order valence-corrected chi connectivity index (χ0v) is 17.4. The van der Waals surface area contributed by atoms with Crippen molar-refractivity contribution in [1.29, 1.82) is 0 Å². The van der Waals surface area contributed by atoms with Crippen LogP contribution in [0.3, 0.4) is 0 Å². The van der Waals surface area contributed by atoms with Crippen molar-refractivity contribution in [1.82, 2.24) is 0 Å². The van der Waals surface area contributed by atoms with Gasteiger partial charge in [0.2, 0.25) is 0 Å². The summed E-state index contributed by atoms with van der Waals surface area (Å²) in [7, 11) is -0.441. The van der Waals surface area contributed by atoms with Gasteiger partial charge in [0.25, 0.3) is 0 Å². The van der Waals surface area contributed by atoms with Gasteiger partial charge >= 0.3 is 0 Å². The quantitative estimate of drug-likeness (QED) is 0.305. The second-order valence-corrected chi connectivity index (χ2v) is 9.43. The average Bonchev–Trinajstić information content (AvgIpc) is 2.74. The lowest BCUT2D eigenvalue weighted by molar-refractivity contribution is 1.51. The first-order chi connectivity index (χ1) is 13.8. The van der Waals surface area contributed by atoms with Crippen LogP contribution in [0.25, 0.3) is 32.7 Å². The lowest BCUT2D eigenvalue weighted by Crippen LogP contribution is -2.28. The zero-order valence-electron chi connectivity index (χ0n) is 16.0. The molecule has 0 aliphatic rings. The molecular formula is C27H22Si. The summed E-state index contributed by atoms with van der Waals surface area (Å²) in [4.78, 5) is 0. The Morgan fingerprint density at radius 1 is 0.571 bits per heavy atom.